The van der Waals surface area contributed by atoms with Crippen molar-refractivity contribution in [2.24, 2.45) is 15.9 Å². The summed E-state index contributed by atoms with van der Waals surface area (Å²) in [6.45, 7) is 2.51. The Morgan fingerprint density at radius 2 is 1.94 bits per heavy atom. The average Bonchev–Trinajstić information content (AvgIpc) is 2.81. The molecule has 0 saturated heterocycles. The van der Waals surface area contributed by atoms with Crippen LogP contribution in [0.2, 0.25) is 0 Å². The number of nitrogens with zero attached hydrogens (tertiary/aromatic N) is 5. The molecule has 3 aromatic rings. The van der Waals surface area contributed by atoms with Gasteiger partial charge in [-0.15, -0.1) is 0 Å². The minimum atomic E-state index is -2.61. The van der Waals surface area contributed by atoms with Crippen LogP contribution in [0, 0.1) is 23.0 Å². The van der Waals surface area contributed by atoms with Crippen LogP contribution in [0.1, 0.15) is 22.4 Å². The molecule has 0 atom stereocenters. The van der Waals surface area contributed by atoms with Gasteiger partial charge in [0.1, 0.15) is 17.5 Å². The van der Waals surface area contributed by atoms with E-state index in [2.05, 4.69) is 26.1 Å². The number of hydrogen-bond acceptors (Lipinski definition) is 11. The zero-order chi connectivity index (χ0) is 25.1. The van der Waals surface area contributed by atoms with Crippen LogP contribution in [0.5, 0.6) is 5.75 Å². The number of hydrazone groups is 1. The highest BCUT2D eigenvalue weighted by Crippen LogP contribution is 2.32. The van der Waals surface area contributed by atoms with Gasteiger partial charge < -0.3 is 16.3 Å². The van der Waals surface area contributed by atoms with Crippen LogP contribution in [0.4, 0.5) is 5.95 Å². The molecule has 0 bridgehead atoms. The van der Waals surface area contributed by atoms with Gasteiger partial charge >= 0.3 is 10.5 Å². The van der Waals surface area contributed by atoms with Crippen LogP contribution in [0.25, 0.3) is 11.3 Å². The molecule has 11 nitrogen and oxygen atoms in total. The molecule has 0 spiro atoms. The van der Waals surface area contributed by atoms with Gasteiger partial charge in [0, 0.05) is 5.56 Å². The number of nitriles is 1. The maximum absolute atomic E-state index is 9.33. The van der Waals surface area contributed by atoms with Crippen molar-refractivity contribution in [1.29, 1.82) is 10.0 Å². The summed E-state index contributed by atoms with van der Waals surface area (Å²) < 4.78 is 28.2. The first-order valence-electron chi connectivity index (χ1n) is 9.65. The Balaban J connectivity index is 0.000000945. The molecule has 2 aromatic carbocycles. The Labute approximate surface area is 198 Å². The van der Waals surface area contributed by atoms with Crippen LogP contribution in [-0.4, -0.2) is 37.4 Å². The summed E-state index contributed by atoms with van der Waals surface area (Å²) in [7, 11) is -1.11. The van der Waals surface area contributed by atoms with E-state index in [1.807, 2.05) is 31.2 Å². The molecule has 0 aliphatic carbocycles. The normalized spacial score (nSPS) is 10.8. The molecule has 34 heavy (non-hydrogen) atoms. The molecule has 3 rings (SSSR count). The number of aromatic nitrogens is 2. The third-order valence-electron chi connectivity index (χ3n) is 4.50. The largest absolute Gasteiger partial charge is 0.495 e. The van der Waals surface area contributed by atoms with Gasteiger partial charge in [-0.3, -0.25) is 4.99 Å². The molecular formula is C22H22N8O3S. The summed E-state index contributed by atoms with van der Waals surface area (Å²) in [6.07, 6.45) is 1.56. The second kappa shape index (κ2) is 12.4. The average molecular weight is 479 g/mol. The summed E-state index contributed by atoms with van der Waals surface area (Å²) in [5, 5.41) is 13.1. The van der Waals surface area contributed by atoms with Gasteiger partial charge in [0.2, 0.25) is 5.95 Å². The van der Waals surface area contributed by atoms with Crippen molar-refractivity contribution in [2.45, 2.75) is 13.5 Å². The van der Waals surface area contributed by atoms with E-state index in [1.54, 1.807) is 30.5 Å². The first-order valence-corrected chi connectivity index (χ1v) is 10.7. The van der Waals surface area contributed by atoms with Crippen LogP contribution in [0.15, 0.2) is 58.6 Å². The number of ether oxygens (including phenoxy) is 1. The van der Waals surface area contributed by atoms with E-state index in [1.165, 1.54) is 7.11 Å². The number of nitrogens with one attached hydrogen (secondary N) is 1. The van der Waals surface area contributed by atoms with Crippen molar-refractivity contribution in [3.8, 4) is 23.1 Å². The maximum atomic E-state index is 9.33. The fourth-order valence-corrected chi connectivity index (χ4v) is 2.97. The lowest BCUT2D eigenvalue weighted by molar-refractivity contribution is 0.415. The Hall–Kier alpha value is -4.63. The van der Waals surface area contributed by atoms with Gasteiger partial charge in [0.05, 0.1) is 36.8 Å². The monoisotopic (exact) mass is 478 g/mol. The second-order valence-electron chi connectivity index (χ2n) is 6.64. The van der Waals surface area contributed by atoms with Gasteiger partial charge in [-0.2, -0.15) is 23.6 Å². The van der Waals surface area contributed by atoms with Gasteiger partial charge in [0.25, 0.3) is 0 Å². The number of rotatable bonds is 6. The van der Waals surface area contributed by atoms with E-state index in [4.69, 9.17) is 29.5 Å². The second-order valence-corrected chi connectivity index (χ2v) is 7.11. The Morgan fingerprint density at radius 1 is 1.24 bits per heavy atom. The van der Waals surface area contributed by atoms with Gasteiger partial charge in [-0.1, -0.05) is 30.3 Å². The van der Waals surface area contributed by atoms with E-state index in [9.17, 15) is 5.26 Å². The zero-order valence-electron chi connectivity index (χ0n) is 18.4. The summed E-state index contributed by atoms with van der Waals surface area (Å²) in [5.41, 5.74) is 10.4. The topological polar surface area (TPSA) is 194 Å². The molecule has 5 N–H and O–H groups in total. The lowest BCUT2D eigenvalue weighted by atomic mass is 10.0. The first-order chi connectivity index (χ1) is 16.3. The summed E-state index contributed by atoms with van der Waals surface area (Å²) in [6, 6.07) is 17.0. The zero-order valence-corrected chi connectivity index (χ0v) is 19.2. The quantitative estimate of drug-likeness (QED) is 0.273. The molecule has 0 fully saturated rings. The number of para-hydroxylation sites is 1. The van der Waals surface area contributed by atoms with E-state index in [-0.39, 0.29) is 5.95 Å². The Bertz CT molecular complexity index is 1370. The van der Waals surface area contributed by atoms with Gasteiger partial charge in [-0.25, -0.2) is 9.97 Å². The van der Waals surface area contributed by atoms with Crippen LogP contribution >= 0.6 is 0 Å². The molecule has 0 saturated carbocycles. The van der Waals surface area contributed by atoms with E-state index >= 15 is 0 Å². The van der Waals surface area contributed by atoms with Crippen LogP contribution < -0.4 is 16.3 Å². The van der Waals surface area contributed by atoms with Crippen molar-refractivity contribution in [1.82, 2.24) is 9.97 Å². The molecule has 1 aromatic heterocycles. The number of hydrogen-bond donors (Lipinski definition) is 3. The van der Waals surface area contributed by atoms with Crippen molar-refractivity contribution in [2.75, 3.05) is 12.8 Å². The smallest absolute Gasteiger partial charge is 0.308 e. The fourth-order valence-electron chi connectivity index (χ4n) is 2.97. The van der Waals surface area contributed by atoms with E-state index in [0.29, 0.717) is 40.5 Å². The minimum Gasteiger partial charge on any atom is -0.495 e. The summed E-state index contributed by atoms with van der Waals surface area (Å²) in [4.78, 5) is 13.0. The number of aryl methyl sites for hydroxylation is 1. The molecule has 174 valence electrons. The molecule has 1 heterocycles. The minimum absolute atomic E-state index is 0.0420. The fraction of sp³-hybridized carbons (Fsp3) is 0.136. The van der Waals surface area contributed by atoms with Crippen molar-refractivity contribution in [3.63, 3.8) is 0 Å². The highest BCUT2D eigenvalue weighted by Gasteiger charge is 2.15. The standard InChI is InChI=1S/C22H21N7O.HNO2S/c1-14-6-3-4-7-16(14)12-26-13-20(29-25)19-10-18(27-22(24)28-19)17-9-5-8-15(11-23)21(17)30-2;1-4(2)3/h3-10,13H,12,25H2,1-2H3,(H2,24,27,28);1H. The number of methoxy groups -OCH3 is 1. The number of benzene rings is 2. The van der Waals surface area contributed by atoms with Crippen molar-refractivity contribution >= 4 is 28.4 Å². The highest BCUT2D eigenvalue weighted by molar-refractivity contribution is 7.60. The maximum Gasteiger partial charge on any atom is 0.308 e. The van der Waals surface area contributed by atoms with Gasteiger partial charge in [-0.05, 0) is 36.2 Å². The first kappa shape index (κ1) is 25.6. The van der Waals surface area contributed by atoms with Crippen LogP contribution in [0.3, 0.4) is 0 Å². The molecule has 0 unspecified atom stereocenters. The molecule has 0 aliphatic heterocycles. The summed E-state index contributed by atoms with van der Waals surface area (Å²) in [5.74, 6) is 6.03. The van der Waals surface area contributed by atoms with Crippen LogP contribution in [-0.2, 0) is 17.0 Å². The van der Waals surface area contributed by atoms with Crippen molar-refractivity contribution < 1.29 is 13.2 Å². The summed E-state index contributed by atoms with van der Waals surface area (Å²) >= 11 is 0. The van der Waals surface area contributed by atoms with E-state index in [0.717, 1.165) is 11.1 Å². The predicted octanol–water partition coefficient (Wildman–Crippen LogP) is 2.48. The van der Waals surface area contributed by atoms with Gasteiger partial charge in [0.15, 0.2) is 0 Å². The number of nitrogen functional groups attached to an aromatic ring is 1. The lowest BCUT2D eigenvalue weighted by Gasteiger charge is -2.11. The number of anilines is 1. The van der Waals surface area contributed by atoms with Crippen molar-refractivity contribution in [3.05, 3.63) is 70.9 Å². The molecule has 0 aliphatic rings. The molecule has 12 heteroatoms. The highest BCUT2D eigenvalue weighted by atomic mass is 32.2. The van der Waals surface area contributed by atoms with E-state index < -0.39 is 10.5 Å². The third-order valence-corrected chi connectivity index (χ3v) is 4.50. The lowest BCUT2D eigenvalue weighted by Crippen LogP contribution is -2.12. The Morgan fingerprint density at radius 3 is 2.56 bits per heavy atom. The SMILES string of the molecule is COc1c(C#N)cccc1-c1cc(C(C=NCc2ccccc2C)=NN)nc(N)n1.N=S(=O)=O. The molecular weight excluding hydrogens is 456 g/mol. The number of aliphatic imine (C=N–C) groups is 1. The Kier molecular flexibility index (Phi) is 9.36. The molecule has 0 amide bonds. The third kappa shape index (κ3) is 6.94. The number of nitrogens with two attached hydrogens (primary N) is 2. The predicted molar refractivity (Wildman–Crippen MR) is 129 cm³/mol. The molecule has 0 radical (unpaired) electrons.